The molecule has 1 saturated carbocycles. The lowest BCUT2D eigenvalue weighted by Crippen LogP contribution is -2.52. The Labute approximate surface area is 113 Å². The number of benzene rings is 1. The largest absolute Gasteiger partial charge is 0.445 e. The molecule has 1 aromatic carbocycles. The quantitative estimate of drug-likeness (QED) is 0.886. The second kappa shape index (κ2) is 4.85. The van der Waals surface area contributed by atoms with Crippen molar-refractivity contribution >= 4 is 6.09 Å². The Morgan fingerprint density at radius 1 is 1.37 bits per heavy atom. The molecule has 2 atom stereocenters. The Morgan fingerprint density at radius 3 is 2.74 bits per heavy atom. The van der Waals surface area contributed by atoms with Crippen LogP contribution in [0.15, 0.2) is 30.3 Å². The smallest absolute Gasteiger partial charge is 0.410 e. The van der Waals surface area contributed by atoms with Crippen LogP contribution in [0, 0.1) is 5.41 Å². The van der Waals surface area contributed by atoms with Crippen LogP contribution in [0.1, 0.15) is 24.8 Å². The molecule has 1 saturated heterocycles. The van der Waals surface area contributed by atoms with Gasteiger partial charge in [-0.2, -0.15) is 0 Å². The van der Waals surface area contributed by atoms with E-state index in [0.717, 1.165) is 37.9 Å². The van der Waals surface area contributed by atoms with E-state index >= 15 is 0 Å². The van der Waals surface area contributed by atoms with Crippen molar-refractivity contribution in [2.24, 2.45) is 11.1 Å². The van der Waals surface area contributed by atoms with Gasteiger partial charge in [0.2, 0.25) is 0 Å². The van der Waals surface area contributed by atoms with E-state index in [4.69, 9.17) is 10.5 Å². The van der Waals surface area contributed by atoms with E-state index in [1.54, 1.807) is 0 Å². The number of rotatable bonds is 2. The van der Waals surface area contributed by atoms with Crippen LogP contribution >= 0.6 is 0 Å². The SMILES string of the molecule is NC1CCC12CCN(C(=O)OCc1ccccc1)C2. The minimum Gasteiger partial charge on any atom is -0.445 e. The van der Waals surface area contributed by atoms with Gasteiger partial charge in [-0.15, -0.1) is 0 Å². The number of carbonyl (C=O) groups is 1. The Morgan fingerprint density at radius 2 is 2.16 bits per heavy atom. The summed E-state index contributed by atoms with van der Waals surface area (Å²) in [7, 11) is 0. The van der Waals surface area contributed by atoms with Gasteiger partial charge in [0.15, 0.2) is 0 Å². The van der Waals surface area contributed by atoms with E-state index in [2.05, 4.69) is 0 Å². The second-order valence-corrected chi connectivity index (χ2v) is 5.72. The normalized spacial score (nSPS) is 29.3. The number of likely N-dealkylation sites (tertiary alicyclic amines) is 1. The molecule has 0 radical (unpaired) electrons. The van der Waals surface area contributed by atoms with Crippen molar-refractivity contribution in [1.29, 1.82) is 0 Å². The first-order valence-electron chi connectivity index (χ1n) is 6.91. The third kappa shape index (κ3) is 2.32. The molecular weight excluding hydrogens is 240 g/mol. The number of ether oxygens (including phenoxy) is 1. The fourth-order valence-electron chi connectivity index (χ4n) is 3.09. The van der Waals surface area contributed by atoms with Gasteiger partial charge in [0.1, 0.15) is 6.61 Å². The van der Waals surface area contributed by atoms with Crippen molar-refractivity contribution in [3.05, 3.63) is 35.9 Å². The van der Waals surface area contributed by atoms with Crippen LogP contribution in [0.4, 0.5) is 4.79 Å². The lowest BCUT2D eigenvalue weighted by Gasteiger charge is -2.44. The summed E-state index contributed by atoms with van der Waals surface area (Å²) in [5, 5.41) is 0. The third-order valence-electron chi connectivity index (χ3n) is 4.59. The first-order chi connectivity index (χ1) is 9.20. The van der Waals surface area contributed by atoms with Gasteiger partial charge in [-0.05, 0) is 24.8 Å². The van der Waals surface area contributed by atoms with E-state index in [9.17, 15) is 4.79 Å². The number of nitrogens with zero attached hydrogens (tertiary/aromatic N) is 1. The van der Waals surface area contributed by atoms with Gasteiger partial charge >= 0.3 is 6.09 Å². The first kappa shape index (κ1) is 12.5. The van der Waals surface area contributed by atoms with E-state index in [1.165, 1.54) is 0 Å². The van der Waals surface area contributed by atoms with Gasteiger partial charge in [-0.25, -0.2) is 4.79 Å². The predicted octanol–water partition coefficient (Wildman–Crippen LogP) is 2.14. The van der Waals surface area contributed by atoms with E-state index in [-0.39, 0.29) is 17.6 Å². The molecule has 1 aliphatic carbocycles. The molecule has 1 heterocycles. The van der Waals surface area contributed by atoms with Gasteiger partial charge in [0.05, 0.1) is 0 Å². The Kier molecular flexibility index (Phi) is 3.19. The molecule has 0 bridgehead atoms. The van der Waals surface area contributed by atoms with Crippen molar-refractivity contribution in [3.8, 4) is 0 Å². The van der Waals surface area contributed by atoms with Crippen molar-refractivity contribution < 1.29 is 9.53 Å². The van der Waals surface area contributed by atoms with Crippen LogP contribution in [-0.2, 0) is 11.3 Å². The topological polar surface area (TPSA) is 55.6 Å². The number of amides is 1. The number of carbonyl (C=O) groups excluding carboxylic acids is 1. The summed E-state index contributed by atoms with van der Waals surface area (Å²) >= 11 is 0. The van der Waals surface area contributed by atoms with Crippen molar-refractivity contribution in [2.75, 3.05) is 13.1 Å². The highest BCUT2D eigenvalue weighted by molar-refractivity contribution is 5.68. The monoisotopic (exact) mass is 260 g/mol. The van der Waals surface area contributed by atoms with Crippen LogP contribution < -0.4 is 5.73 Å². The zero-order valence-electron chi connectivity index (χ0n) is 11.0. The number of hydrogen-bond donors (Lipinski definition) is 1. The molecular formula is C15H20N2O2. The molecule has 1 aliphatic heterocycles. The van der Waals surface area contributed by atoms with Gasteiger partial charge in [0, 0.05) is 24.5 Å². The maximum absolute atomic E-state index is 12.0. The van der Waals surface area contributed by atoms with E-state index in [0.29, 0.717) is 6.61 Å². The molecule has 2 unspecified atom stereocenters. The van der Waals surface area contributed by atoms with Crippen molar-refractivity contribution in [3.63, 3.8) is 0 Å². The molecule has 102 valence electrons. The van der Waals surface area contributed by atoms with Crippen LogP contribution in [-0.4, -0.2) is 30.1 Å². The maximum atomic E-state index is 12.0. The Balaban J connectivity index is 1.52. The Bertz CT molecular complexity index is 462. The summed E-state index contributed by atoms with van der Waals surface area (Å²) in [6.45, 7) is 1.89. The molecule has 19 heavy (non-hydrogen) atoms. The number of nitrogens with two attached hydrogens (primary N) is 1. The summed E-state index contributed by atoms with van der Waals surface area (Å²) < 4.78 is 5.36. The summed E-state index contributed by atoms with van der Waals surface area (Å²) in [6.07, 6.45) is 3.05. The highest BCUT2D eigenvalue weighted by Crippen LogP contribution is 2.47. The van der Waals surface area contributed by atoms with Crippen molar-refractivity contribution in [1.82, 2.24) is 4.90 Å². The fourth-order valence-corrected chi connectivity index (χ4v) is 3.09. The minimum absolute atomic E-state index is 0.186. The van der Waals surface area contributed by atoms with Crippen LogP contribution in [0.25, 0.3) is 0 Å². The fraction of sp³-hybridized carbons (Fsp3) is 0.533. The molecule has 1 aromatic rings. The molecule has 2 N–H and O–H groups in total. The Hall–Kier alpha value is -1.55. The lowest BCUT2D eigenvalue weighted by molar-refractivity contribution is 0.0775. The highest BCUT2D eigenvalue weighted by atomic mass is 16.6. The molecule has 1 spiro atoms. The second-order valence-electron chi connectivity index (χ2n) is 5.72. The third-order valence-corrected chi connectivity index (χ3v) is 4.59. The summed E-state index contributed by atoms with van der Waals surface area (Å²) in [4.78, 5) is 13.8. The average molecular weight is 260 g/mol. The van der Waals surface area contributed by atoms with Crippen LogP contribution in [0.3, 0.4) is 0 Å². The highest BCUT2D eigenvalue weighted by Gasteiger charge is 2.50. The van der Waals surface area contributed by atoms with Crippen LogP contribution in [0.5, 0.6) is 0 Å². The lowest BCUT2D eigenvalue weighted by atomic mass is 9.64. The minimum atomic E-state index is -0.208. The maximum Gasteiger partial charge on any atom is 0.410 e. The molecule has 4 heteroatoms. The molecule has 3 rings (SSSR count). The average Bonchev–Trinajstić information content (AvgIpc) is 2.92. The summed E-state index contributed by atoms with van der Waals surface area (Å²) in [6, 6.07) is 10.0. The van der Waals surface area contributed by atoms with Crippen LogP contribution in [0.2, 0.25) is 0 Å². The zero-order chi connectivity index (χ0) is 13.3. The number of hydrogen-bond acceptors (Lipinski definition) is 3. The molecule has 2 fully saturated rings. The van der Waals surface area contributed by atoms with Gasteiger partial charge in [-0.3, -0.25) is 0 Å². The van der Waals surface area contributed by atoms with Crippen molar-refractivity contribution in [2.45, 2.75) is 31.9 Å². The molecule has 4 nitrogen and oxygen atoms in total. The summed E-state index contributed by atoms with van der Waals surface area (Å²) in [5.74, 6) is 0. The van der Waals surface area contributed by atoms with E-state index < -0.39 is 0 Å². The molecule has 0 aromatic heterocycles. The molecule has 1 amide bonds. The van der Waals surface area contributed by atoms with E-state index in [1.807, 2.05) is 35.2 Å². The summed E-state index contributed by atoms with van der Waals surface area (Å²) in [5.41, 5.74) is 7.27. The van der Waals surface area contributed by atoms with Gasteiger partial charge in [0.25, 0.3) is 0 Å². The van der Waals surface area contributed by atoms with Gasteiger partial charge < -0.3 is 15.4 Å². The standard InChI is InChI=1S/C15H20N2O2/c16-13-6-7-15(13)8-9-17(11-15)14(18)19-10-12-4-2-1-3-5-12/h1-5,13H,6-11,16H2. The zero-order valence-corrected chi connectivity index (χ0v) is 11.0. The molecule has 2 aliphatic rings. The van der Waals surface area contributed by atoms with Gasteiger partial charge in [-0.1, -0.05) is 30.3 Å². The predicted molar refractivity (Wildman–Crippen MR) is 72.5 cm³/mol. The first-order valence-corrected chi connectivity index (χ1v) is 6.91.